The molecule has 3 rings (SSSR count). The quantitative estimate of drug-likeness (QED) is 0.850. The molecule has 1 aliphatic heterocycles. The summed E-state index contributed by atoms with van der Waals surface area (Å²) in [6.45, 7) is 4.24. The van der Waals surface area contributed by atoms with Gasteiger partial charge in [0.15, 0.2) is 0 Å². The summed E-state index contributed by atoms with van der Waals surface area (Å²) in [6.07, 6.45) is 1.81. The number of ether oxygens (including phenoxy) is 1. The number of morpholine rings is 1. The monoisotopic (exact) mass is 285 g/mol. The van der Waals surface area contributed by atoms with Crippen LogP contribution in [-0.4, -0.2) is 40.8 Å². The highest BCUT2D eigenvalue weighted by Gasteiger charge is 2.13. The second-order valence-electron chi connectivity index (χ2n) is 4.34. The molecule has 1 aliphatic rings. The zero-order valence-corrected chi connectivity index (χ0v) is 11.3. The number of aromatic nitrogens is 2. The second kappa shape index (κ2) is 5.05. The van der Waals surface area contributed by atoms with E-state index in [0.717, 1.165) is 44.0 Å². The summed E-state index contributed by atoms with van der Waals surface area (Å²) in [5.74, 6) is 0. The molecule has 18 heavy (non-hydrogen) atoms. The van der Waals surface area contributed by atoms with E-state index in [2.05, 4.69) is 14.5 Å². The van der Waals surface area contributed by atoms with Gasteiger partial charge >= 0.3 is 0 Å². The van der Waals surface area contributed by atoms with Crippen molar-refractivity contribution in [2.75, 3.05) is 26.3 Å². The highest BCUT2D eigenvalue weighted by molar-refractivity contribution is 6.38. The molecule has 2 aromatic rings. The van der Waals surface area contributed by atoms with E-state index in [4.69, 9.17) is 27.9 Å². The van der Waals surface area contributed by atoms with E-state index in [-0.39, 0.29) is 0 Å². The first-order valence-electron chi connectivity index (χ1n) is 5.84. The average molecular weight is 286 g/mol. The van der Waals surface area contributed by atoms with Crippen LogP contribution in [0.2, 0.25) is 10.0 Å². The van der Waals surface area contributed by atoms with Gasteiger partial charge in [0.1, 0.15) is 5.52 Å². The van der Waals surface area contributed by atoms with Crippen molar-refractivity contribution in [2.45, 2.75) is 6.67 Å². The summed E-state index contributed by atoms with van der Waals surface area (Å²) >= 11 is 12.2. The maximum atomic E-state index is 6.12. The van der Waals surface area contributed by atoms with E-state index in [1.54, 1.807) is 6.07 Å². The molecule has 0 radical (unpaired) electrons. The second-order valence-corrected chi connectivity index (χ2v) is 5.19. The molecule has 0 amide bonds. The summed E-state index contributed by atoms with van der Waals surface area (Å²) in [5.41, 5.74) is 1.77. The molecule has 1 fully saturated rings. The molecule has 0 bridgehead atoms. The Kier molecular flexibility index (Phi) is 3.43. The number of hydrogen-bond acceptors (Lipinski definition) is 3. The van der Waals surface area contributed by atoms with Crippen molar-refractivity contribution in [2.24, 2.45) is 0 Å². The molecule has 0 unspecified atom stereocenters. The van der Waals surface area contributed by atoms with Crippen LogP contribution in [0, 0.1) is 0 Å². The highest BCUT2D eigenvalue weighted by Crippen LogP contribution is 2.26. The van der Waals surface area contributed by atoms with Crippen LogP contribution < -0.4 is 0 Å². The summed E-state index contributed by atoms with van der Waals surface area (Å²) in [6, 6.07) is 3.62. The number of halogens is 2. The zero-order valence-electron chi connectivity index (χ0n) is 9.77. The Morgan fingerprint density at radius 1 is 1.22 bits per heavy atom. The molecular formula is C12H13Cl2N3O. The molecule has 1 aromatic heterocycles. The number of nitrogens with zero attached hydrogens (tertiary/aromatic N) is 3. The van der Waals surface area contributed by atoms with Crippen molar-refractivity contribution < 1.29 is 4.74 Å². The van der Waals surface area contributed by atoms with Crippen LogP contribution in [0.15, 0.2) is 18.5 Å². The van der Waals surface area contributed by atoms with Crippen molar-refractivity contribution in [1.82, 2.24) is 14.5 Å². The lowest BCUT2D eigenvalue weighted by molar-refractivity contribution is 0.0241. The van der Waals surface area contributed by atoms with Gasteiger partial charge in [-0.1, -0.05) is 23.2 Å². The lowest BCUT2D eigenvalue weighted by atomic mass is 10.3. The number of rotatable bonds is 2. The van der Waals surface area contributed by atoms with E-state index in [0.29, 0.717) is 10.0 Å². The van der Waals surface area contributed by atoms with Crippen LogP contribution in [0.3, 0.4) is 0 Å². The fourth-order valence-electron chi connectivity index (χ4n) is 2.16. The van der Waals surface area contributed by atoms with Gasteiger partial charge in [-0.05, 0) is 12.1 Å². The molecule has 4 nitrogen and oxygen atoms in total. The number of imidazole rings is 1. The fourth-order valence-corrected chi connectivity index (χ4v) is 2.69. The molecule has 0 N–H and O–H groups in total. The molecule has 0 aliphatic carbocycles. The minimum Gasteiger partial charge on any atom is -0.379 e. The highest BCUT2D eigenvalue weighted by atomic mass is 35.5. The minimum absolute atomic E-state index is 0.596. The lowest BCUT2D eigenvalue weighted by Crippen LogP contribution is -2.37. The third kappa shape index (κ3) is 2.34. The van der Waals surface area contributed by atoms with Crippen LogP contribution in [0.25, 0.3) is 11.0 Å². The summed E-state index contributed by atoms with van der Waals surface area (Å²) in [5, 5.41) is 1.23. The largest absolute Gasteiger partial charge is 0.379 e. The number of benzene rings is 1. The standard InChI is InChI=1S/C12H13Cl2N3O/c13-9-5-10(14)12-11(6-9)17(7-15-12)8-16-1-3-18-4-2-16/h5-7H,1-4,8H2. The van der Waals surface area contributed by atoms with Crippen molar-refractivity contribution in [3.8, 4) is 0 Å². The van der Waals surface area contributed by atoms with Gasteiger partial charge in [-0.2, -0.15) is 0 Å². The summed E-state index contributed by atoms with van der Waals surface area (Å²) in [7, 11) is 0. The maximum absolute atomic E-state index is 6.12. The van der Waals surface area contributed by atoms with Gasteiger partial charge in [0, 0.05) is 18.1 Å². The van der Waals surface area contributed by atoms with Crippen LogP contribution in [-0.2, 0) is 11.4 Å². The molecule has 2 heterocycles. The van der Waals surface area contributed by atoms with Gasteiger partial charge in [-0.25, -0.2) is 4.98 Å². The van der Waals surface area contributed by atoms with Gasteiger partial charge in [0.25, 0.3) is 0 Å². The first-order valence-corrected chi connectivity index (χ1v) is 6.59. The van der Waals surface area contributed by atoms with E-state index in [9.17, 15) is 0 Å². The Labute approximate surface area is 115 Å². The van der Waals surface area contributed by atoms with Gasteiger partial charge in [-0.3, -0.25) is 4.90 Å². The fraction of sp³-hybridized carbons (Fsp3) is 0.417. The van der Waals surface area contributed by atoms with E-state index >= 15 is 0 Å². The third-order valence-electron chi connectivity index (χ3n) is 3.10. The molecular weight excluding hydrogens is 273 g/mol. The minimum atomic E-state index is 0.596. The predicted octanol–water partition coefficient (Wildman–Crippen LogP) is 2.63. The van der Waals surface area contributed by atoms with E-state index in [1.165, 1.54) is 0 Å². The van der Waals surface area contributed by atoms with Gasteiger partial charge in [-0.15, -0.1) is 0 Å². The lowest BCUT2D eigenvalue weighted by Gasteiger charge is -2.26. The zero-order chi connectivity index (χ0) is 12.5. The Hall–Kier alpha value is -0.810. The van der Waals surface area contributed by atoms with Crippen molar-refractivity contribution in [3.05, 3.63) is 28.5 Å². The van der Waals surface area contributed by atoms with Crippen LogP contribution >= 0.6 is 23.2 Å². The summed E-state index contributed by atoms with van der Waals surface area (Å²) in [4.78, 5) is 6.66. The SMILES string of the molecule is Clc1cc(Cl)c2ncn(CN3CCOCC3)c2c1. The first kappa shape index (κ1) is 12.2. The summed E-state index contributed by atoms with van der Waals surface area (Å²) < 4.78 is 7.40. The molecule has 6 heteroatoms. The predicted molar refractivity (Wildman–Crippen MR) is 72.1 cm³/mol. The number of hydrogen-bond donors (Lipinski definition) is 0. The molecule has 1 saturated heterocycles. The maximum Gasteiger partial charge on any atom is 0.107 e. The molecule has 1 aromatic carbocycles. The van der Waals surface area contributed by atoms with E-state index in [1.807, 2.05) is 12.4 Å². The average Bonchev–Trinajstić information content (AvgIpc) is 2.74. The topological polar surface area (TPSA) is 30.3 Å². The Balaban J connectivity index is 1.92. The number of fused-ring (bicyclic) bond motifs is 1. The molecule has 0 spiro atoms. The van der Waals surface area contributed by atoms with Gasteiger partial charge in [0.05, 0.1) is 36.7 Å². The smallest absolute Gasteiger partial charge is 0.107 e. The van der Waals surface area contributed by atoms with Crippen molar-refractivity contribution in [3.63, 3.8) is 0 Å². The van der Waals surface area contributed by atoms with Crippen LogP contribution in [0.1, 0.15) is 0 Å². The van der Waals surface area contributed by atoms with Crippen LogP contribution in [0.5, 0.6) is 0 Å². The van der Waals surface area contributed by atoms with Crippen LogP contribution in [0.4, 0.5) is 0 Å². The molecule has 0 atom stereocenters. The first-order chi connectivity index (χ1) is 8.74. The van der Waals surface area contributed by atoms with Gasteiger partial charge in [0.2, 0.25) is 0 Å². The Morgan fingerprint density at radius 3 is 2.78 bits per heavy atom. The Morgan fingerprint density at radius 2 is 2.00 bits per heavy atom. The van der Waals surface area contributed by atoms with Crippen molar-refractivity contribution in [1.29, 1.82) is 0 Å². The normalized spacial score (nSPS) is 17.4. The molecule has 0 saturated carbocycles. The van der Waals surface area contributed by atoms with Gasteiger partial charge < -0.3 is 9.30 Å². The third-order valence-corrected chi connectivity index (χ3v) is 3.61. The van der Waals surface area contributed by atoms with E-state index < -0.39 is 0 Å². The molecule has 96 valence electrons. The Bertz CT molecular complexity index is 564. The van der Waals surface area contributed by atoms with Crippen molar-refractivity contribution >= 4 is 34.2 Å².